The van der Waals surface area contributed by atoms with E-state index in [1.807, 2.05) is 68.4 Å². The van der Waals surface area contributed by atoms with Crippen LogP contribution in [-0.4, -0.2) is 4.98 Å². The first-order chi connectivity index (χ1) is 30.8. The van der Waals surface area contributed by atoms with E-state index in [2.05, 4.69) is 50.8 Å². The van der Waals surface area contributed by atoms with E-state index in [0.29, 0.717) is 48.7 Å². The Kier molecular flexibility index (Phi) is 5.70. The fourth-order valence-electron chi connectivity index (χ4n) is 8.59. The summed E-state index contributed by atoms with van der Waals surface area (Å²) in [6.45, 7) is 26.3. The number of rotatable bonds is 2. The fraction of sp³-hybridized carbons (Fsp3) is 0.404. The van der Waals surface area contributed by atoms with E-state index in [-0.39, 0.29) is 100 Å². The number of thiophene rings is 1. The van der Waals surface area contributed by atoms with Gasteiger partial charge in [-0.1, -0.05) is 138 Å². The average molecular weight is 769 g/mol. The zero-order valence-electron chi connectivity index (χ0n) is 46.1. The van der Waals surface area contributed by atoms with Crippen LogP contribution in [0.15, 0.2) is 90.7 Å². The van der Waals surface area contributed by atoms with Gasteiger partial charge >= 0.3 is 0 Å². The van der Waals surface area contributed by atoms with Gasteiger partial charge in [0.25, 0.3) is 0 Å². The Morgan fingerprint density at radius 1 is 0.679 bits per heavy atom. The molecule has 1 unspecified atom stereocenters. The minimum absolute atomic E-state index is 0.0225. The molecule has 4 heterocycles. The van der Waals surface area contributed by atoms with Gasteiger partial charge in [-0.05, 0) is 105 Å². The zero-order chi connectivity index (χ0) is 49.5. The van der Waals surface area contributed by atoms with E-state index in [4.69, 9.17) is 7.73 Å². The van der Waals surface area contributed by atoms with Gasteiger partial charge in [-0.15, -0.1) is 11.3 Å². The van der Waals surface area contributed by atoms with Crippen molar-refractivity contribution in [2.45, 2.75) is 136 Å². The zero-order valence-corrected chi connectivity index (χ0v) is 35.9. The van der Waals surface area contributed by atoms with E-state index in [9.17, 15) is 12.3 Å². The van der Waals surface area contributed by atoms with Crippen LogP contribution in [0, 0.1) is 0 Å². The molecule has 4 heteroatoms. The van der Waals surface area contributed by atoms with Crippen molar-refractivity contribution in [3.63, 3.8) is 0 Å². The molecule has 3 aliphatic rings. The highest BCUT2D eigenvalue weighted by molar-refractivity contribution is 7.20. The Morgan fingerprint density at radius 3 is 1.98 bits per heavy atom. The molecule has 1 aliphatic carbocycles. The normalized spacial score (nSPS) is 21.1. The van der Waals surface area contributed by atoms with Gasteiger partial charge < -0.3 is 4.90 Å². The Labute approximate surface area is 355 Å². The highest BCUT2D eigenvalue weighted by Gasteiger charge is 2.46. The smallest absolute Gasteiger partial charge is 0.144 e. The molecule has 1 atom stereocenters. The molecular weight excluding hydrogens is 699 g/mol. The molecule has 0 amide bonds. The van der Waals surface area contributed by atoms with E-state index in [1.165, 1.54) is 27.4 Å². The Balaban J connectivity index is 1.55. The lowest BCUT2D eigenvalue weighted by molar-refractivity contribution is 0.332. The first-order valence-electron chi connectivity index (χ1n) is 25.3. The van der Waals surface area contributed by atoms with Gasteiger partial charge in [-0.3, -0.25) is 4.90 Å². The lowest BCUT2D eigenvalue weighted by Crippen LogP contribution is -2.34. The van der Waals surface area contributed by atoms with Crippen LogP contribution in [0.25, 0.3) is 10.1 Å². The van der Waals surface area contributed by atoms with Crippen molar-refractivity contribution in [1.82, 2.24) is 4.98 Å². The molecule has 0 spiro atoms. The molecule has 9 rings (SSSR count). The minimum atomic E-state index is -0.905. The third kappa shape index (κ3) is 5.68. The number of pyridine rings is 1. The van der Waals surface area contributed by atoms with Crippen molar-refractivity contribution in [1.29, 1.82) is 0 Å². The van der Waals surface area contributed by atoms with Crippen LogP contribution in [-0.2, 0) is 27.1 Å². The Bertz CT molecular complexity index is 3150. The second kappa shape index (κ2) is 12.1. The molecule has 0 saturated carbocycles. The summed E-state index contributed by atoms with van der Waals surface area (Å²) < 4.78 is 105. The molecule has 288 valence electrons. The van der Waals surface area contributed by atoms with Crippen LogP contribution in [0.4, 0.5) is 34.3 Å². The molecule has 2 aromatic heterocycles. The second-order valence-corrected chi connectivity index (χ2v) is 21.4. The minimum Gasteiger partial charge on any atom is -0.308 e. The number of hydrogen-bond acceptors (Lipinski definition) is 4. The predicted molar refractivity (Wildman–Crippen MR) is 241 cm³/mol. The number of fused-ring (bicyclic) bond motifs is 7. The maximum atomic E-state index is 10.3. The summed E-state index contributed by atoms with van der Waals surface area (Å²) in [5.41, 5.74) is 3.72. The molecule has 4 aromatic carbocycles. The quantitative estimate of drug-likeness (QED) is 0.175. The summed E-state index contributed by atoms with van der Waals surface area (Å²) in [5.74, 6) is -0.676. The predicted octanol–water partition coefficient (Wildman–Crippen LogP) is 15.3. The summed E-state index contributed by atoms with van der Waals surface area (Å²) >= 11 is 1.22. The number of anilines is 6. The molecule has 0 bridgehead atoms. The molecule has 0 N–H and O–H groups in total. The van der Waals surface area contributed by atoms with Crippen LogP contribution < -0.4 is 9.80 Å². The highest BCUT2D eigenvalue weighted by atomic mass is 32.1. The Morgan fingerprint density at radius 2 is 1.32 bits per heavy atom. The molecule has 56 heavy (non-hydrogen) atoms. The fourth-order valence-corrected chi connectivity index (χ4v) is 9.81. The molecule has 2 aliphatic heterocycles. The van der Waals surface area contributed by atoms with Crippen molar-refractivity contribution in [3.05, 3.63) is 135 Å². The number of benzene rings is 4. The summed E-state index contributed by atoms with van der Waals surface area (Å²) in [6, 6.07) is 5.70. The van der Waals surface area contributed by atoms with Gasteiger partial charge in [0.1, 0.15) is 5.82 Å². The van der Waals surface area contributed by atoms with E-state index in [1.54, 1.807) is 0 Å². The van der Waals surface area contributed by atoms with Gasteiger partial charge in [-0.25, -0.2) is 4.98 Å². The SMILES string of the molecule is [2H]c1c([2H])c(C(C)(C)C)c([2H])c([2H])c1N1c2nc(C(C)(C)C)cc3c2C(c2sc4c([2H])c([2H])c([2H])c([2H])c4c2N3c2ccc3c(c2)C(C)(C)CCC3(C)C)c2c([2H])c(C(C)(C)C)c([2H])c([2H])c21. The van der Waals surface area contributed by atoms with Crippen molar-refractivity contribution in [2.75, 3.05) is 9.80 Å². The number of aromatic nitrogens is 1. The van der Waals surface area contributed by atoms with Gasteiger partial charge in [-0.2, -0.15) is 0 Å². The summed E-state index contributed by atoms with van der Waals surface area (Å²) in [4.78, 5) is 9.62. The van der Waals surface area contributed by atoms with E-state index < -0.39 is 22.2 Å². The van der Waals surface area contributed by atoms with Crippen LogP contribution in [0.3, 0.4) is 0 Å². The van der Waals surface area contributed by atoms with Crippen LogP contribution in [0.2, 0.25) is 0 Å². The van der Waals surface area contributed by atoms with Crippen molar-refractivity contribution in [3.8, 4) is 0 Å². The second-order valence-electron chi connectivity index (χ2n) is 20.4. The number of hydrogen-bond donors (Lipinski definition) is 0. The van der Waals surface area contributed by atoms with Crippen LogP contribution >= 0.6 is 11.3 Å². The maximum absolute atomic E-state index is 10.3. The van der Waals surface area contributed by atoms with Crippen molar-refractivity contribution < 1.29 is 15.1 Å². The van der Waals surface area contributed by atoms with Crippen LogP contribution in [0.1, 0.15) is 168 Å². The highest BCUT2D eigenvalue weighted by Crippen LogP contribution is 2.64. The molecular formula is C52H59N3S. The lowest BCUT2D eigenvalue weighted by atomic mass is 9.63. The third-order valence-electron chi connectivity index (χ3n) is 12.1. The molecule has 3 nitrogen and oxygen atoms in total. The summed E-state index contributed by atoms with van der Waals surface area (Å²) in [7, 11) is 0. The van der Waals surface area contributed by atoms with Gasteiger partial charge in [0, 0.05) is 37.3 Å². The van der Waals surface area contributed by atoms with Gasteiger partial charge in [0.15, 0.2) is 0 Å². The monoisotopic (exact) mass is 769 g/mol. The van der Waals surface area contributed by atoms with Crippen molar-refractivity contribution in [2.24, 2.45) is 0 Å². The van der Waals surface area contributed by atoms with E-state index >= 15 is 0 Å². The molecule has 0 fully saturated rings. The molecule has 6 aromatic rings. The summed E-state index contributed by atoms with van der Waals surface area (Å²) in [5, 5.41) is 0.330. The van der Waals surface area contributed by atoms with E-state index in [0.717, 1.165) is 18.5 Å². The Hall–Kier alpha value is -4.41. The van der Waals surface area contributed by atoms with Crippen LogP contribution in [0.5, 0.6) is 0 Å². The molecule has 0 radical (unpaired) electrons. The lowest BCUT2D eigenvalue weighted by Gasteiger charge is -2.45. The first-order valence-corrected chi connectivity index (χ1v) is 20.7. The standard InChI is InChI=1S/C52H59N3S/c1-48(2,3)31-18-21-33(22-19-31)55-39-25-20-32(49(4,5)6)28-36(39)43-44-40(30-42(50(7,8)9)53-47(44)55)54(45-35-16-14-15-17-41(35)56-46(43)45)34-23-24-37-38(29-34)52(12,13)27-26-51(37,10)11/h14-25,28-30,43H,26-27H2,1-13H3/i14D,15D,16D,17D,18D,19D,20D,21D,22D,25D,28D. The topological polar surface area (TPSA) is 19.4 Å². The van der Waals surface area contributed by atoms with Gasteiger partial charge in [0.05, 0.1) is 43.8 Å². The molecule has 0 saturated heterocycles. The van der Waals surface area contributed by atoms with Crippen molar-refractivity contribution >= 4 is 55.7 Å². The average Bonchev–Trinajstić information content (AvgIpc) is 3.61. The summed E-state index contributed by atoms with van der Waals surface area (Å²) in [6.07, 6.45) is 1.96. The maximum Gasteiger partial charge on any atom is 0.144 e. The first kappa shape index (κ1) is 26.5. The number of nitrogens with zero attached hydrogens (tertiary/aromatic N) is 3. The third-order valence-corrected chi connectivity index (χ3v) is 13.3. The largest absolute Gasteiger partial charge is 0.308 e. The van der Waals surface area contributed by atoms with Gasteiger partial charge in [0.2, 0.25) is 0 Å².